The van der Waals surface area contributed by atoms with Gasteiger partial charge in [-0.2, -0.15) is 0 Å². The fourth-order valence-electron chi connectivity index (χ4n) is 5.74. The summed E-state index contributed by atoms with van der Waals surface area (Å²) in [6, 6.07) is 29.3. The zero-order valence-electron chi connectivity index (χ0n) is 25.7. The van der Waals surface area contributed by atoms with E-state index in [1.807, 2.05) is 78.6 Å². The maximum atomic E-state index is 13.9. The molecule has 0 bridgehead atoms. The first-order chi connectivity index (χ1) is 21.5. The maximum absolute atomic E-state index is 13.9. The molecule has 228 valence electrons. The number of aromatic nitrogens is 2. The summed E-state index contributed by atoms with van der Waals surface area (Å²) in [4.78, 5) is 38.7. The highest BCUT2D eigenvalue weighted by Crippen LogP contribution is 2.35. The van der Waals surface area contributed by atoms with Crippen LogP contribution in [0.2, 0.25) is 0 Å². The third kappa shape index (κ3) is 7.58. The first-order valence-corrected chi connectivity index (χ1v) is 16.6. The van der Waals surface area contributed by atoms with Crippen molar-refractivity contribution >= 4 is 45.3 Å². The highest BCUT2D eigenvalue weighted by Gasteiger charge is 2.27. The normalized spacial score (nSPS) is 12.8. The number of carbonyl (C=O) groups excluding carboxylic acids is 2. The van der Waals surface area contributed by atoms with Crippen molar-refractivity contribution in [3.63, 3.8) is 0 Å². The number of hydrogen-bond acceptors (Lipinski definition) is 5. The number of aromatic amines is 1. The molecule has 3 aromatic carbocycles. The van der Waals surface area contributed by atoms with Crippen molar-refractivity contribution in [2.45, 2.75) is 68.3 Å². The van der Waals surface area contributed by atoms with Gasteiger partial charge in [0.15, 0.2) is 5.78 Å². The first kappa shape index (κ1) is 31.5. The van der Waals surface area contributed by atoms with E-state index in [0.29, 0.717) is 38.0 Å². The van der Waals surface area contributed by atoms with E-state index in [-0.39, 0.29) is 17.6 Å². The van der Waals surface area contributed by atoms with Gasteiger partial charge in [-0.05, 0) is 61.6 Å². The predicted molar refractivity (Wildman–Crippen MR) is 181 cm³/mol. The molecule has 3 N–H and O–H groups in total. The number of fused-ring (bicyclic) bond motifs is 2. The van der Waals surface area contributed by atoms with Crippen molar-refractivity contribution in [3.8, 4) is 0 Å². The van der Waals surface area contributed by atoms with Gasteiger partial charge in [0.2, 0.25) is 5.91 Å². The Morgan fingerprint density at radius 2 is 1.64 bits per heavy atom. The minimum Gasteiger partial charge on any atom is -0.349 e. The Kier molecular flexibility index (Phi) is 10.9. The molecule has 0 spiro atoms. The molecule has 0 aliphatic heterocycles. The highest BCUT2D eigenvalue weighted by molar-refractivity contribution is 7.99. The number of para-hydroxylation sites is 2. The second kappa shape index (κ2) is 15.2. The molecular formula is C37H42N4O2S. The molecular weight excluding hydrogens is 565 g/mol. The molecule has 6 nitrogen and oxygen atoms in total. The predicted octanol–water partition coefficient (Wildman–Crippen LogP) is 8.06. The summed E-state index contributed by atoms with van der Waals surface area (Å²) in [5, 5.41) is 3.11. The Bertz CT molecular complexity index is 1700. The molecule has 0 aliphatic carbocycles. The number of nitrogens with zero attached hydrogens (tertiary/aromatic N) is 2. The van der Waals surface area contributed by atoms with E-state index in [4.69, 9.17) is 5.73 Å². The average molecular weight is 607 g/mol. The minimum atomic E-state index is -0.691. The van der Waals surface area contributed by atoms with E-state index >= 15 is 0 Å². The van der Waals surface area contributed by atoms with Gasteiger partial charge in [-0.3, -0.25) is 9.59 Å². The minimum absolute atomic E-state index is 0.0323. The summed E-state index contributed by atoms with van der Waals surface area (Å²) in [7, 11) is 0. The van der Waals surface area contributed by atoms with E-state index in [1.165, 1.54) is 0 Å². The summed E-state index contributed by atoms with van der Waals surface area (Å²) in [6.45, 7) is 5.32. The number of unbranched alkanes of at least 4 members (excludes halogenated alkanes) is 2. The van der Waals surface area contributed by atoms with Crippen molar-refractivity contribution in [1.29, 1.82) is 0 Å². The Morgan fingerprint density at radius 3 is 2.43 bits per heavy atom. The molecule has 1 amide bonds. The first-order valence-electron chi connectivity index (χ1n) is 15.7. The SMILES string of the molecule is CCCCCN(CC[C@@H](CC)C(=O)c1ccc2ccccc2n1)C(=O)[C@@H](N)Cc1c(Sc2ccccc2)[nH]c2ccccc12. The molecule has 0 aliphatic rings. The molecule has 2 heterocycles. The van der Waals surface area contributed by atoms with Gasteiger partial charge in [-0.1, -0.05) is 99.1 Å². The van der Waals surface area contributed by atoms with E-state index in [2.05, 4.69) is 41.2 Å². The van der Waals surface area contributed by atoms with Crippen molar-refractivity contribution < 1.29 is 9.59 Å². The number of amides is 1. The number of ketones is 1. The lowest BCUT2D eigenvalue weighted by Crippen LogP contribution is -2.46. The second-order valence-electron chi connectivity index (χ2n) is 11.4. The molecule has 0 saturated heterocycles. The third-order valence-corrected chi connectivity index (χ3v) is 9.34. The van der Waals surface area contributed by atoms with Gasteiger partial charge in [-0.15, -0.1) is 0 Å². The lowest BCUT2D eigenvalue weighted by molar-refractivity contribution is -0.132. The molecule has 5 rings (SSSR count). The average Bonchev–Trinajstić information content (AvgIpc) is 3.40. The van der Waals surface area contributed by atoms with Crippen LogP contribution in [0.1, 0.15) is 62.0 Å². The fourth-order valence-corrected chi connectivity index (χ4v) is 6.75. The van der Waals surface area contributed by atoms with Crippen LogP contribution in [0.5, 0.6) is 0 Å². The van der Waals surface area contributed by atoms with Gasteiger partial charge < -0.3 is 15.6 Å². The van der Waals surface area contributed by atoms with Gasteiger partial charge in [0, 0.05) is 40.2 Å². The van der Waals surface area contributed by atoms with Crippen LogP contribution < -0.4 is 5.73 Å². The van der Waals surface area contributed by atoms with Gasteiger partial charge in [-0.25, -0.2) is 4.98 Å². The van der Waals surface area contributed by atoms with Crippen molar-refractivity contribution in [1.82, 2.24) is 14.9 Å². The molecule has 2 aromatic heterocycles. The standard InChI is InChI=1S/C37H42N4O2S/c1-3-5-13-23-41(24-22-26(4-2)35(42)34-21-20-27-14-9-11-18-32(27)39-34)37(43)31(38)25-30-29-17-10-12-19-33(29)40-36(30)44-28-15-7-6-8-16-28/h6-12,14-21,26,31,40H,3-5,13,22-25,38H2,1-2H3/t26-,31+/m1/s1. The summed E-state index contributed by atoms with van der Waals surface area (Å²) in [5.74, 6) is -0.248. The summed E-state index contributed by atoms with van der Waals surface area (Å²) >= 11 is 1.66. The van der Waals surface area contributed by atoms with E-state index < -0.39 is 6.04 Å². The van der Waals surface area contributed by atoms with Crippen LogP contribution in [0.25, 0.3) is 21.8 Å². The molecule has 5 aromatic rings. The topological polar surface area (TPSA) is 92.1 Å². The molecule has 0 fully saturated rings. The van der Waals surface area contributed by atoms with E-state index in [9.17, 15) is 9.59 Å². The monoisotopic (exact) mass is 606 g/mol. The van der Waals surface area contributed by atoms with Crippen molar-refractivity contribution in [3.05, 3.63) is 102 Å². The number of hydrogen-bond donors (Lipinski definition) is 2. The molecule has 0 unspecified atom stereocenters. The number of H-pyrrole nitrogens is 1. The summed E-state index contributed by atoms with van der Waals surface area (Å²) in [6.07, 6.45) is 4.71. The van der Waals surface area contributed by atoms with Gasteiger partial charge in [0.05, 0.1) is 16.6 Å². The molecule has 7 heteroatoms. The number of nitrogens with one attached hydrogen (secondary N) is 1. The number of pyridine rings is 1. The largest absolute Gasteiger partial charge is 0.349 e. The smallest absolute Gasteiger partial charge is 0.239 e. The Hall–Kier alpha value is -3.94. The number of Topliss-reactive ketones (excluding diaryl/α,β-unsaturated/α-hetero) is 1. The van der Waals surface area contributed by atoms with Crippen LogP contribution in [-0.4, -0.2) is 45.7 Å². The number of nitrogens with two attached hydrogens (primary N) is 1. The van der Waals surface area contributed by atoms with Gasteiger partial charge in [0.1, 0.15) is 5.69 Å². The summed E-state index contributed by atoms with van der Waals surface area (Å²) < 4.78 is 0. The zero-order valence-corrected chi connectivity index (χ0v) is 26.5. The summed E-state index contributed by atoms with van der Waals surface area (Å²) in [5.41, 5.74) is 10.1. The molecule has 0 radical (unpaired) electrons. The maximum Gasteiger partial charge on any atom is 0.239 e. The van der Waals surface area contributed by atoms with Crippen molar-refractivity contribution in [2.24, 2.45) is 11.7 Å². The van der Waals surface area contributed by atoms with Crippen LogP contribution in [0.15, 0.2) is 101 Å². The Morgan fingerprint density at radius 1 is 0.886 bits per heavy atom. The number of carbonyl (C=O) groups is 2. The lowest BCUT2D eigenvalue weighted by Gasteiger charge is -2.27. The lowest BCUT2D eigenvalue weighted by atomic mass is 9.94. The second-order valence-corrected chi connectivity index (χ2v) is 12.5. The Balaban J connectivity index is 1.31. The van der Waals surface area contributed by atoms with Gasteiger partial charge in [0.25, 0.3) is 0 Å². The fraction of sp³-hybridized carbons (Fsp3) is 0.324. The van der Waals surface area contributed by atoms with Crippen LogP contribution in [-0.2, 0) is 11.2 Å². The Labute approximate surface area is 264 Å². The number of benzene rings is 3. The molecule has 0 saturated carbocycles. The molecule has 2 atom stereocenters. The molecule has 44 heavy (non-hydrogen) atoms. The van der Waals surface area contributed by atoms with Gasteiger partial charge >= 0.3 is 0 Å². The van der Waals surface area contributed by atoms with Crippen LogP contribution in [0.3, 0.4) is 0 Å². The highest BCUT2D eigenvalue weighted by atomic mass is 32.2. The quantitative estimate of drug-likeness (QED) is 0.0929. The third-order valence-electron chi connectivity index (χ3n) is 8.28. The van der Waals surface area contributed by atoms with Crippen molar-refractivity contribution in [2.75, 3.05) is 13.1 Å². The van der Waals surface area contributed by atoms with Crippen LogP contribution in [0, 0.1) is 5.92 Å². The van der Waals surface area contributed by atoms with E-state index in [0.717, 1.165) is 56.6 Å². The zero-order chi connectivity index (χ0) is 30.9. The number of rotatable bonds is 15. The van der Waals surface area contributed by atoms with Crippen LogP contribution >= 0.6 is 11.8 Å². The van der Waals surface area contributed by atoms with Crippen LogP contribution in [0.4, 0.5) is 0 Å². The van der Waals surface area contributed by atoms with E-state index in [1.54, 1.807) is 11.8 Å².